The summed E-state index contributed by atoms with van der Waals surface area (Å²) in [5.74, 6) is 1.18. The van der Waals surface area contributed by atoms with Crippen LogP contribution in [-0.4, -0.2) is 28.4 Å². The number of carbonyl (C=O) groups is 1. The summed E-state index contributed by atoms with van der Waals surface area (Å²) in [5, 5.41) is 11.2. The molecule has 6 heteroatoms. The first-order valence-electron chi connectivity index (χ1n) is 5.93. The van der Waals surface area contributed by atoms with Crippen molar-refractivity contribution in [2.75, 3.05) is 12.3 Å². The van der Waals surface area contributed by atoms with Gasteiger partial charge in [0, 0.05) is 24.8 Å². The van der Waals surface area contributed by atoms with E-state index in [1.165, 1.54) is 24.2 Å². The molecule has 0 aliphatic carbocycles. The first-order chi connectivity index (χ1) is 9.15. The van der Waals surface area contributed by atoms with Gasteiger partial charge < -0.3 is 9.73 Å². The molecular weight excluding hydrogens is 262 g/mol. The number of benzene rings is 1. The highest BCUT2D eigenvalue weighted by molar-refractivity contribution is 7.99. The van der Waals surface area contributed by atoms with Gasteiger partial charge in [-0.2, -0.15) is 0 Å². The van der Waals surface area contributed by atoms with E-state index in [9.17, 15) is 4.79 Å². The van der Waals surface area contributed by atoms with Crippen LogP contribution in [-0.2, 0) is 4.79 Å². The van der Waals surface area contributed by atoms with Crippen molar-refractivity contribution in [2.24, 2.45) is 0 Å². The lowest BCUT2D eigenvalue weighted by Gasteiger charge is -1.98. The average Bonchev–Trinajstić information content (AvgIpc) is 2.84. The minimum atomic E-state index is -0.0357. The summed E-state index contributed by atoms with van der Waals surface area (Å²) in [6.07, 6.45) is 0. The number of aryl methyl sites for hydroxylation is 1. The molecule has 0 saturated carbocycles. The summed E-state index contributed by atoms with van der Waals surface area (Å²) in [4.78, 5) is 10.7. The minimum Gasteiger partial charge on any atom is -0.411 e. The van der Waals surface area contributed by atoms with E-state index in [4.69, 9.17) is 4.42 Å². The molecule has 1 amide bonds. The monoisotopic (exact) mass is 277 g/mol. The van der Waals surface area contributed by atoms with Crippen molar-refractivity contribution in [1.29, 1.82) is 0 Å². The molecule has 0 radical (unpaired) electrons. The Morgan fingerprint density at radius 3 is 2.74 bits per heavy atom. The van der Waals surface area contributed by atoms with Crippen molar-refractivity contribution in [1.82, 2.24) is 15.5 Å². The summed E-state index contributed by atoms with van der Waals surface area (Å²) in [6, 6.07) is 7.91. The predicted molar refractivity (Wildman–Crippen MR) is 73.9 cm³/mol. The van der Waals surface area contributed by atoms with Gasteiger partial charge in [0.2, 0.25) is 11.8 Å². The smallest absolute Gasteiger partial charge is 0.276 e. The molecule has 100 valence electrons. The van der Waals surface area contributed by atoms with Gasteiger partial charge in [-0.05, 0) is 19.1 Å². The van der Waals surface area contributed by atoms with Crippen molar-refractivity contribution < 1.29 is 9.21 Å². The number of thioether (sulfide) groups is 1. The van der Waals surface area contributed by atoms with Crippen LogP contribution < -0.4 is 5.32 Å². The summed E-state index contributed by atoms with van der Waals surface area (Å²) < 4.78 is 5.54. The number of carbonyl (C=O) groups excluding carboxylic acids is 1. The lowest BCUT2D eigenvalue weighted by atomic mass is 10.1. The van der Waals surface area contributed by atoms with E-state index in [0.29, 0.717) is 23.4 Å². The van der Waals surface area contributed by atoms with Crippen LogP contribution in [0.2, 0.25) is 0 Å². The molecule has 0 atom stereocenters. The fourth-order valence-electron chi connectivity index (χ4n) is 1.45. The standard InChI is InChI=1S/C13H15N3O2S/c1-9-3-5-11(6-4-9)12-15-16-13(18-12)19-8-7-14-10(2)17/h3-6H,7-8H2,1-2H3,(H,14,17). The lowest BCUT2D eigenvalue weighted by molar-refractivity contribution is -0.118. The van der Waals surface area contributed by atoms with Gasteiger partial charge in [-0.3, -0.25) is 4.79 Å². The molecule has 0 aliphatic rings. The minimum absolute atomic E-state index is 0.0357. The Balaban J connectivity index is 1.91. The third-order valence-corrected chi connectivity index (χ3v) is 3.23. The van der Waals surface area contributed by atoms with Crippen LogP contribution in [0.5, 0.6) is 0 Å². The van der Waals surface area contributed by atoms with Gasteiger partial charge in [-0.1, -0.05) is 29.5 Å². The van der Waals surface area contributed by atoms with Gasteiger partial charge in [-0.15, -0.1) is 10.2 Å². The molecule has 0 spiro atoms. The summed E-state index contributed by atoms with van der Waals surface area (Å²) in [7, 11) is 0. The number of aromatic nitrogens is 2. The lowest BCUT2D eigenvalue weighted by Crippen LogP contribution is -2.22. The van der Waals surface area contributed by atoms with E-state index in [1.54, 1.807) is 0 Å². The quantitative estimate of drug-likeness (QED) is 0.670. The Labute approximate surface area is 115 Å². The molecule has 2 aromatic rings. The van der Waals surface area contributed by atoms with Crippen molar-refractivity contribution >= 4 is 17.7 Å². The van der Waals surface area contributed by atoms with Crippen molar-refractivity contribution in [2.45, 2.75) is 19.1 Å². The molecule has 0 unspecified atom stereocenters. The van der Waals surface area contributed by atoms with Crippen LogP contribution in [0.3, 0.4) is 0 Å². The van der Waals surface area contributed by atoms with Crippen LogP contribution >= 0.6 is 11.8 Å². The molecule has 19 heavy (non-hydrogen) atoms. The Morgan fingerprint density at radius 2 is 2.05 bits per heavy atom. The molecule has 1 aromatic heterocycles. The molecule has 5 nitrogen and oxygen atoms in total. The van der Waals surface area contributed by atoms with Crippen LogP contribution in [0.4, 0.5) is 0 Å². The number of amides is 1. The zero-order chi connectivity index (χ0) is 13.7. The SMILES string of the molecule is CC(=O)NCCSc1nnc(-c2ccc(C)cc2)o1. The van der Waals surface area contributed by atoms with Gasteiger partial charge in [0.1, 0.15) is 0 Å². The Hall–Kier alpha value is -1.82. The molecule has 1 heterocycles. The Bertz CT molecular complexity index is 551. The van der Waals surface area contributed by atoms with E-state index in [0.717, 1.165) is 5.56 Å². The van der Waals surface area contributed by atoms with Gasteiger partial charge >= 0.3 is 0 Å². The summed E-state index contributed by atoms with van der Waals surface area (Å²) in [5.41, 5.74) is 2.10. The summed E-state index contributed by atoms with van der Waals surface area (Å²) >= 11 is 1.43. The molecule has 1 N–H and O–H groups in total. The van der Waals surface area contributed by atoms with Gasteiger partial charge in [0.25, 0.3) is 5.22 Å². The van der Waals surface area contributed by atoms with E-state index < -0.39 is 0 Å². The number of hydrogen-bond acceptors (Lipinski definition) is 5. The van der Waals surface area contributed by atoms with Crippen LogP contribution in [0.15, 0.2) is 33.9 Å². The first-order valence-corrected chi connectivity index (χ1v) is 6.91. The van der Waals surface area contributed by atoms with Gasteiger partial charge in [0.05, 0.1) is 0 Å². The Morgan fingerprint density at radius 1 is 1.32 bits per heavy atom. The highest BCUT2D eigenvalue weighted by Crippen LogP contribution is 2.22. The maximum absolute atomic E-state index is 10.7. The third kappa shape index (κ3) is 4.10. The van der Waals surface area contributed by atoms with Gasteiger partial charge in [0.15, 0.2) is 0 Å². The highest BCUT2D eigenvalue weighted by Gasteiger charge is 2.08. The second-order valence-corrected chi connectivity index (χ2v) is 5.12. The van der Waals surface area contributed by atoms with Crippen molar-refractivity contribution in [3.63, 3.8) is 0 Å². The van der Waals surface area contributed by atoms with Crippen molar-refractivity contribution in [3.8, 4) is 11.5 Å². The molecule has 0 saturated heterocycles. The molecule has 1 aromatic carbocycles. The maximum Gasteiger partial charge on any atom is 0.276 e. The van der Waals surface area contributed by atoms with Crippen LogP contribution in [0.1, 0.15) is 12.5 Å². The average molecular weight is 277 g/mol. The first kappa shape index (κ1) is 13.6. The maximum atomic E-state index is 10.7. The largest absolute Gasteiger partial charge is 0.411 e. The summed E-state index contributed by atoms with van der Waals surface area (Å²) in [6.45, 7) is 4.11. The highest BCUT2D eigenvalue weighted by atomic mass is 32.2. The zero-order valence-electron chi connectivity index (χ0n) is 10.8. The topological polar surface area (TPSA) is 68.0 Å². The van der Waals surface area contributed by atoms with E-state index >= 15 is 0 Å². The molecule has 2 rings (SSSR count). The second kappa shape index (κ2) is 6.38. The van der Waals surface area contributed by atoms with E-state index in [1.807, 2.05) is 31.2 Å². The molecule has 0 fully saturated rings. The number of nitrogens with zero attached hydrogens (tertiary/aromatic N) is 2. The molecule has 0 bridgehead atoms. The molecular formula is C13H15N3O2S. The number of nitrogens with one attached hydrogen (secondary N) is 1. The predicted octanol–water partition coefficient (Wildman–Crippen LogP) is 2.27. The normalized spacial score (nSPS) is 10.4. The third-order valence-electron chi connectivity index (χ3n) is 2.41. The number of rotatable bonds is 5. The Kier molecular flexibility index (Phi) is 4.57. The fourth-order valence-corrected chi connectivity index (χ4v) is 2.06. The fraction of sp³-hybridized carbons (Fsp3) is 0.308. The van der Waals surface area contributed by atoms with Crippen LogP contribution in [0.25, 0.3) is 11.5 Å². The number of hydrogen-bond donors (Lipinski definition) is 1. The van der Waals surface area contributed by atoms with E-state index in [2.05, 4.69) is 15.5 Å². The second-order valence-electron chi connectivity index (χ2n) is 4.07. The molecule has 0 aliphatic heterocycles. The zero-order valence-corrected chi connectivity index (χ0v) is 11.7. The van der Waals surface area contributed by atoms with Crippen molar-refractivity contribution in [3.05, 3.63) is 29.8 Å². The van der Waals surface area contributed by atoms with Gasteiger partial charge in [-0.25, -0.2) is 0 Å². The van der Waals surface area contributed by atoms with E-state index in [-0.39, 0.29) is 5.91 Å². The van der Waals surface area contributed by atoms with Crippen LogP contribution in [0, 0.1) is 6.92 Å².